The van der Waals surface area contributed by atoms with Crippen molar-refractivity contribution in [1.29, 1.82) is 0 Å². The molecular formula is C13H15ClN2. The zero-order valence-electron chi connectivity index (χ0n) is 8.89. The lowest BCUT2D eigenvalue weighted by Gasteiger charge is -2.03. The molecule has 2 aromatic rings. The van der Waals surface area contributed by atoms with Crippen molar-refractivity contribution in [3.05, 3.63) is 59.7 Å². The van der Waals surface area contributed by atoms with Gasteiger partial charge in [0.1, 0.15) is 0 Å². The average Bonchev–Trinajstić information content (AvgIpc) is 2.22. The fraction of sp³-hybridized carbons (Fsp3) is 0.0769. The summed E-state index contributed by atoms with van der Waals surface area (Å²) in [6.07, 6.45) is 0.894. The minimum Gasteiger partial charge on any atom is -0.399 e. The smallest absolute Gasteiger partial charge is 0.0316 e. The molecule has 16 heavy (non-hydrogen) atoms. The minimum atomic E-state index is 0. The van der Waals surface area contributed by atoms with E-state index in [2.05, 4.69) is 6.07 Å². The van der Waals surface area contributed by atoms with Gasteiger partial charge in [-0.2, -0.15) is 0 Å². The lowest BCUT2D eigenvalue weighted by molar-refractivity contribution is 1.20. The van der Waals surface area contributed by atoms with Gasteiger partial charge in [-0.05, 0) is 41.8 Å². The number of rotatable bonds is 2. The summed E-state index contributed by atoms with van der Waals surface area (Å²) in [5.41, 5.74) is 15.4. The van der Waals surface area contributed by atoms with Crippen LogP contribution in [0.3, 0.4) is 0 Å². The van der Waals surface area contributed by atoms with Crippen LogP contribution in [0.4, 0.5) is 11.4 Å². The second kappa shape index (κ2) is 5.42. The largest absolute Gasteiger partial charge is 0.399 e. The Morgan fingerprint density at radius 2 is 1.44 bits per heavy atom. The van der Waals surface area contributed by atoms with E-state index >= 15 is 0 Å². The summed E-state index contributed by atoms with van der Waals surface area (Å²) < 4.78 is 0. The van der Waals surface area contributed by atoms with Crippen LogP contribution in [0, 0.1) is 0 Å². The first-order valence-electron chi connectivity index (χ1n) is 4.93. The zero-order valence-corrected chi connectivity index (χ0v) is 9.71. The number of nitrogens with two attached hydrogens (primary N) is 2. The molecule has 3 heteroatoms. The number of anilines is 2. The second-order valence-corrected chi connectivity index (χ2v) is 3.66. The van der Waals surface area contributed by atoms with E-state index in [1.165, 1.54) is 11.1 Å². The lowest BCUT2D eigenvalue weighted by atomic mass is 10.0. The molecule has 0 aromatic heterocycles. The zero-order chi connectivity index (χ0) is 10.7. The van der Waals surface area contributed by atoms with Crippen LogP contribution in [0.25, 0.3) is 0 Å². The van der Waals surface area contributed by atoms with Crippen molar-refractivity contribution in [2.45, 2.75) is 6.42 Å². The van der Waals surface area contributed by atoms with E-state index in [1.807, 2.05) is 42.5 Å². The van der Waals surface area contributed by atoms with Crippen molar-refractivity contribution < 1.29 is 0 Å². The molecule has 0 atom stereocenters. The first kappa shape index (κ1) is 12.4. The van der Waals surface area contributed by atoms with Gasteiger partial charge in [-0.25, -0.2) is 0 Å². The highest BCUT2D eigenvalue weighted by Crippen LogP contribution is 2.13. The quantitative estimate of drug-likeness (QED) is 0.786. The highest BCUT2D eigenvalue weighted by molar-refractivity contribution is 5.85. The van der Waals surface area contributed by atoms with Crippen molar-refractivity contribution in [3.63, 3.8) is 0 Å². The molecule has 0 aliphatic carbocycles. The molecule has 0 spiro atoms. The summed E-state index contributed by atoms with van der Waals surface area (Å²) in [5.74, 6) is 0. The molecule has 84 valence electrons. The van der Waals surface area contributed by atoms with Gasteiger partial charge in [0.15, 0.2) is 0 Å². The van der Waals surface area contributed by atoms with Gasteiger partial charge in [-0.15, -0.1) is 12.4 Å². The van der Waals surface area contributed by atoms with Gasteiger partial charge >= 0.3 is 0 Å². The molecule has 0 saturated heterocycles. The topological polar surface area (TPSA) is 52.0 Å². The Balaban J connectivity index is 0.00000128. The molecule has 0 saturated carbocycles. The van der Waals surface area contributed by atoms with Gasteiger partial charge in [0, 0.05) is 11.4 Å². The fourth-order valence-corrected chi connectivity index (χ4v) is 1.57. The molecular weight excluding hydrogens is 220 g/mol. The SMILES string of the molecule is Cl.Nc1ccc(Cc2cccc(N)c2)cc1. The Kier molecular flexibility index (Phi) is 4.20. The number of benzene rings is 2. The maximum atomic E-state index is 5.72. The fourth-order valence-electron chi connectivity index (χ4n) is 1.57. The van der Waals surface area contributed by atoms with Crippen LogP contribution in [-0.4, -0.2) is 0 Å². The standard InChI is InChI=1S/C13H14N2.ClH/c14-12-6-4-10(5-7-12)8-11-2-1-3-13(15)9-11;/h1-7,9H,8,14-15H2;1H. The molecule has 4 N–H and O–H groups in total. The summed E-state index contributed by atoms with van der Waals surface area (Å²) in [4.78, 5) is 0. The van der Waals surface area contributed by atoms with Crippen LogP contribution < -0.4 is 11.5 Å². The van der Waals surface area contributed by atoms with Crippen LogP contribution in [0.1, 0.15) is 11.1 Å². The van der Waals surface area contributed by atoms with Crippen molar-refractivity contribution in [2.24, 2.45) is 0 Å². The third-order valence-corrected chi connectivity index (χ3v) is 2.34. The number of hydrogen-bond acceptors (Lipinski definition) is 2. The number of nitrogen functional groups attached to an aromatic ring is 2. The lowest BCUT2D eigenvalue weighted by Crippen LogP contribution is -1.91. The van der Waals surface area contributed by atoms with Crippen LogP contribution >= 0.6 is 12.4 Å². The molecule has 0 radical (unpaired) electrons. The maximum absolute atomic E-state index is 5.72. The minimum absolute atomic E-state index is 0. The Labute approximate surface area is 102 Å². The summed E-state index contributed by atoms with van der Waals surface area (Å²) in [6, 6.07) is 15.9. The van der Waals surface area contributed by atoms with E-state index in [0.717, 1.165) is 17.8 Å². The molecule has 2 nitrogen and oxygen atoms in total. The molecule has 2 rings (SSSR count). The molecule has 2 aromatic carbocycles. The first-order chi connectivity index (χ1) is 7.24. The predicted molar refractivity (Wildman–Crippen MR) is 71.8 cm³/mol. The van der Waals surface area contributed by atoms with Gasteiger partial charge in [-0.1, -0.05) is 24.3 Å². The number of hydrogen-bond donors (Lipinski definition) is 2. The Hall–Kier alpha value is -1.67. The van der Waals surface area contributed by atoms with Gasteiger partial charge in [-0.3, -0.25) is 0 Å². The molecule has 0 fully saturated rings. The Morgan fingerprint density at radius 1 is 0.750 bits per heavy atom. The molecule has 0 aliphatic rings. The van der Waals surface area contributed by atoms with Crippen LogP contribution in [-0.2, 0) is 6.42 Å². The van der Waals surface area contributed by atoms with Crippen molar-refractivity contribution >= 4 is 23.8 Å². The van der Waals surface area contributed by atoms with Crippen molar-refractivity contribution in [2.75, 3.05) is 11.5 Å². The highest BCUT2D eigenvalue weighted by atomic mass is 35.5. The van der Waals surface area contributed by atoms with Gasteiger partial charge < -0.3 is 11.5 Å². The average molecular weight is 235 g/mol. The monoisotopic (exact) mass is 234 g/mol. The third-order valence-electron chi connectivity index (χ3n) is 2.34. The summed E-state index contributed by atoms with van der Waals surface area (Å²) in [6.45, 7) is 0. The van der Waals surface area contributed by atoms with E-state index in [1.54, 1.807) is 0 Å². The van der Waals surface area contributed by atoms with E-state index in [4.69, 9.17) is 11.5 Å². The van der Waals surface area contributed by atoms with Crippen LogP contribution in [0.2, 0.25) is 0 Å². The Morgan fingerprint density at radius 3 is 2.06 bits per heavy atom. The molecule has 0 heterocycles. The van der Waals surface area contributed by atoms with Crippen LogP contribution in [0.5, 0.6) is 0 Å². The van der Waals surface area contributed by atoms with E-state index in [9.17, 15) is 0 Å². The summed E-state index contributed by atoms with van der Waals surface area (Å²) >= 11 is 0. The van der Waals surface area contributed by atoms with E-state index < -0.39 is 0 Å². The van der Waals surface area contributed by atoms with Crippen molar-refractivity contribution in [1.82, 2.24) is 0 Å². The molecule has 0 amide bonds. The normalized spacial score (nSPS) is 9.50. The summed E-state index contributed by atoms with van der Waals surface area (Å²) in [5, 5.41) is 0. The van der Waals surface area contributed by atoms with E-state index in [-0.39, 0.29) is 12.4 Å². The van der Waals surface area contributed by atoms with E-state index in [0.29, 0.717) is 0 Å². The van der Waals surface area contributed by atoms with Crippen LogP contribution in [0.15, 0.2) is 48.5 Å². The Bertz CT molecular complexity index is 452. The first-order valence-corrected chi connectivity index (χ1v) is 4.93. The molecule has 0 unspecified atom stereocenters. The van der Waals surface area contributed by atoms with Gasteiger partial charge in [0.2, 0.25) is 0 Å². The summed E-state index contributed by atoms with van der Waals surface area (Å²) in [7, 11) is 0. The predicted octanol–water partition coefficient (Wildman–Crippen LogP) is 2.86. The molecule has 0 aliphatic heterocycles. The second-order valence-electron chi connectivity index (χ2n) is 3.66. The number of halogens is 1. The van der Waals surface area contributed by atoms with Crippen molar-refractivity contribution in [3.8, 4) is 0 Å². The third kappa shape index (κ3) is 3.17. The highest BCUT2D eigenvalue weighted by Gasteiger charge is 1.96. The maximum Gasteiger partial charge on any atom is 0.0316 e. The van der Waals surface area contributed by atoms with Gasteiger partial charge in [0.05, 0.1) is 0 Å². The van der Waals surface area contributed by atoms with Gasteiger partial charge in [0.25, 0.3) is 0 Å². The molecule has 0 bridgehead atoms.